The van der Waals surface area contributed by atoms with E-state index in [1.807, 2.05) is 13.0 Å². The lowest BCUT2D eigenvalue weighted by Crippen LogP contribution is -2.26. The van der Waals surface area contributed by atoms with E-state index in [1.54, 1.807) is 18.6 Å². The van der Waals surface area contributed by atoms with Gasteiger partial charge in [-0.15, -0.1) is 0 Å². The molecule has 1 aromatic carbocycles. The molecule has 1 aromatic heterocycles. The first-order valence-corrected chi connectivity index (χ1v) is 8.67. The van der Waals surface area contributed by atoms with Gasteiger partial charge in [0, 0.05) is 35.9 Å². The van der Waals surface area contributed by atoms with Crippen LogP contribution in [0.4, 0.5) is 0 Å². The monoisotopic (exact) mass is 372 g/mol. The summed E-state index contributed by atoms with van der Waals surface area (Å²) in [5.41, 5.74) is 8.10. The van der Waals surface area contributed by atoms with Crippen molar-refractivity contribution < 1.29 is 8.42 Å². The van der Waals surface area contributed by atoms with Crippen LogP contribution in [0.25, 0.3) is 0 Å². The van der Waals surface area contributed by atoms with Crippen molar-refractivity contribution in [1.29, 1.82) is 0 Å². The van der Waals surface area contributed by atoms with Crippen LogP contribution >= 0.6 is 15.9 Å². The van der Waals surface area contributed by atoms with E-state index in [2.05, 4.69) is 30.6 Å². The van der Waals surface area contributed by atoms with Crippen LogP contribution in [0.1, 0.15) is 16.8 Å². The van der Waals surface area contributed by atoms with Gasteiger partial charge in [0.1, 0.15) is 0 Å². The molecule has 0 fully saturated rings. The summed E-state index contributed by atoms with van der Waals surface area (Å²) in [6, 6.07) is 3.46. The Bertz CT molecular complexity index is 714. The second kappa shape index (κ2) is 6.69. The Kier molecular flexibility index (Phi) is 5.15. The smallest absolute Gasteiger partial charge is 0.241 e. The Morgan fingerprint density at radius 3 is 2.81 bits per heavy atom. The van der Waals surface area contributed by atoms with E-state index in [0.29, 0.717) is 24.0 Å². The van der Waals surface area contributed by atoms with Crippen molar-refractivity contribution in [3.8, 4) is 0 Å². The molecule has 0 radical (unpaired) electrons. The number of hydrogen-bond acceptors (Lipinski definition) is 4. The number of nitrogens with two attached hydrogens (primary N) is 1. The molecule has 0 unspecified atom stereocenters. The van der Waals surface area contributed by atoms with Crippen LogP contribution in [0.3, 0.4) is 0 Å². The lowest BCUT2D eigenvalue weighted by molar-refractivity contribution is 0.580. The molecule has 0 amide bonds. The molecule has 6 nitrogen and oxygen atoms in total. The molecule has 21 heavy (non-hydrogen) atoms. The van der Waals surface area contributed by atoms with Crippen molar-refractivity contribution >= 4 is 26.0 Å². The van der Waals surface area contributed by atoms with Crippen molar-refractivity contribution in [2.45, 2.75) is 24.8 Å². The SMILES string of the molecule is Cc1cc(CN)cc(S(=O)(=O)NCCc2cnc[nH]2)c1Br. The van der Waals surface area contributed by atoms with Gasteiger partial charge in [0.25, 0.3) is 0 Å². The van der Waals surface area contributed by atoms with Gasteiger partial charge in [-0.1, -0.05) is 6.07 Å². The van der Waals surface area contributed by atoms with Crippen molar-refractivity contribution in [3.05, 3.63) is 46.0 Å². The molecular weight excluding hydrogens is 356 g/mol. The molecule has 1 heterocycles. The molecule has 0 aliphatic carbocycles. The number of aryl methyl sites for hydroxylation is 1. The number of halogens is 1. The van der Waals surface area contributed by atoms with Crippen LogP contribution in [0.15, 0.2) is 34.0 Å². The average molecular weight is 373 g/mol. The highest BCUT2D eigenvalue weighted by Gasteiger charge is 2.19. The Balaban J connectivity index is 2.17. The fourth-order valence-electron chi connectivity index (χ4n) is 1.94. The minimum absolute atomic E-state index is 0.215. The van der Waals surface area contributed by atoms with Crippen LogP contribution < -0.4 is 10.5 Å². The van der Waals surface area contributed by atoms with Crippen molar-refractivity contribution in [2.24, 2.45) is 5.73 Å². The van der Waals surface area contributed by atoms with Gasteiger partial charge in [-0.2, -0.15) is 0 Å². The Hall–Kier alpha value is -1.22. The van der Waals surface area contributed by atoms with E-state index in [-0.39, 0.29) is 4.90 Å². The van der Waals surface area contributed by atoms with E-state index in [9.17, 15) is 8.42 Å². The summed E-state index contributed by atoms with van der Waals surface area (Å²) in [5.74, 6) is 0. The zero-order valence-corrected chi connectivity index (χ0v) is 14.0. The number of sulfonamides is 1. The van der Waals surface area contributed by atoms with Crippen LogP contribution in [0.5, 0.6) is 0 Å². The minimum Gasteiger partial charge on any atom is -0.348 e. The lowest BCUT2D eigenvalue weighted by atomic mass is 10.1. The summed E-state index contributed by atoms with van der Waals surface area (Å²) >= 11 is 3.33. The molecule has 0 atom stereocenters. The molecular formula is C13H17BrN4O2S. The highest BCUT2D eigenvalue weighted by molar-refractivity contribution is 9.10. The lowest BCUT2D eigenvalue weighted by Gasteiger charge is -2.12. The molecule has 0 saturated carbocycles. The molecule has 2 rings (SSSR count). The molecule has 0 aliphatic heterocycles. The van der Waals surface area contributed by atoms with E-state index in [1.165, 1.54) is 0 Å². The molecule has 4 N–H and O–H groups in total. The van der Waals surface area contributed by atoms with E-state index in [4.69, 9.17) is 5.73 Å². The number of aromatic amines is 1. The third-order valence-corrected chi connectivity index (χ3v) is 5.85. The average Bonchev–Trinajstić information content (AvgIpc) is 2.94. The van der Waals surface area contributed by atoms with Crippen LogP contribution in [0, 0.1) is 6.92 Å². The summed E-state index contributed by atoms with van der Waals surface area (Å²) in [6.07, 6.45) is 3.78. The van der Waals surface area contributed by atoms with Crippen molar-refractivity contribution in [1.82, 2.24) is 14.7 Å². The third kappa shape index (κ3) is 3.91. The molecule has 0 spiro atoms. The van der Waals surface area contributed by atoms with Crippen LogP contribution in [-0.4, -0.2) is 24.9 Å². The van der Waals surface area contributed by atoms with E-state index >= 15 is 0 Å². The van der Waals surface area contributed by atoms with Gasteiger partial charge in [-0.3, -0.25) is 0 Å². The maximum atomic E-state index is 12.4. The summed E-state index contributed by atoms with van der Waals surface area (Å²) in [7, 11) is -3.59. The Labute approximate surface area is 132 Å². The topological polar surface area (TPSA) is 101 Å². The largest absolute Gasteiger partial charge is 0.348 e. The fourth-order valence-corrected chi connectivity index (χ4v) is 4.04. The van der Waals surface area contributed by atoms with Gasteiger partial charge in [0.05, 0.1) is 11.2 Å². The highest BCUT2D eigenvalue weighted by Crippen LogP contribution is 2.27. The van der Waals surface area contributed by atoms with Gasteiger partial charge in [0.2, 0.25) is 10.0 Å². The normalized spacial score (nSPS) is 11.8. The quantitative estimate of drug-likeness (QED) is 0.714. The number of H-pyrrole nitrogens is 1. The number of imidazole rings is 1. The number of aromatic nitrogens is 2. The van der Waals surface area contributed by atoms with Crippen molar-refractivity contribution in [2.75, 3.05) is 6.54 Å². The number of rotatable bonds is 6. The first kappa shape index (κ1) is 16.2. The summed E-state index contributed by atoms with van der Waals surface area (Å²) in [6.45, 7) is 2.43. The molecule has 2 aromatic rings. The second-order valence-corrected chi connectivity index (χ2v) is 7.18. The number of nitrogens with zero attached hydrogens (tertiary/aromatic N) is 1. The zero-order valence-electron chi connectivity index (χ0n) is 11.6. The highest BCUT2D eigenvalue weighted by atomic mass is 79.9. The van der Waals surface area contributed by atoms with E-state index < -0.39 is 10.0 Å². The minimum atomic E-state index is -3.59. The predicted octanol–water partition coefficient (Wildman–Crippen LogP) is 1.46. The van der Waals surface area contributed by atoms with Gasteiger partial charge < -0.3 is 10.7 Å². The van der Waals surface area contributed by atoms with Gasteiger partial charge in [-0.25, -0.2) is 18.1 Å². The first-order chi connectivity index (χ1) is 9.94. The number of nitrogens with one attached hydrogen (secondary N) is 2. The third-order valence-electron chi connectivity index (χ3n) is 3.05. The summed E-state index contributed by atoms with van der Waals surface area (Å²) < 4.78 is 27.9. The summed E-state index contributed by atoms with van der Waals surface area (Å²) in [5, 5.41) is 0. The van der Waals surface area contributed by atoms with Crippen molar-refractivity contribution in [3.63, 3.8) is 0 Å². The zero-order chi connectivity index (χ0) is 15.5. The molecule has 0 bridgehead atoms. The van der Waals surface area contributed by atoms with Crippen LogP contribution in [0.2, 0.25) is 0 Å². The summed E-state index contributed by atoms with van der Waals surface area (Å²) in [4.78, 5) is 7.04. The first-order valence-electron chi connectivity index (χ1n) is 6.40. The molecule has 114 valence electrons. The number of hydrogen-bond donors (Lipinski definition) is 3. The standard InChI is InChI=1S/C13H17BrN4O2S/c1-9-4-10(6-15)5-12(13(9)14)21(19,20)18-3-2-11-7-16-8-17-11/h4-5,7-8,18H,2-3,6,15H2,1H3,(H,16,17). The molecule has 0 aliphatic rings. The van der Waals surface area contributed by atoms with Gasteiger partial charge >= 0.3 is 0 Å². The maximum absolute atomic E-state index is 12.4. The predicted molar refractivity (Wildman–Crippen MR) is 84.3 cm³/mol. The Morgan fingerprint density at radius 1 is 1.43 bits per heavy atom. The van der Waals surface area contributed by atoms with Gasteiger partial charge in [0.15, 0.2) is 0 Å². The van der Waals surface area contributed by atoms with Crippen LogP contribution in [-0.2, 0) is 23.0 Å². The Morgan fingerprint density at radius 2 is 2.19 bits per heavy atom. The molecule has 8 heteroatoms. The number of benzene rings is 1. The van der Waals surface area contributed by atoms with E-state index in [0.717, 1.165) is 16.8 Å². The second-order valence-electron chi connectivity index (χ2n) is 4.65. The fraction of sp³-hybridized carbons (Fsp3) is 0.308. The molecule has 0 saturated heterocycles. The van der Waals surface area contributed by atoms with Gasteiger partial charge in [-0.05, 0) is 40.0 Å². The maximum Gasteiger partial charge on any atom is 0.241 e.